The van der Waals surface area contributed by atoms with Gasteiger partial charge in [0.15, 0.2) is 0 Å². The quantitative estimate of drug-likeness (QED) is 0.672. The van der Waals surface area contributed by atoms with Gasteiger partial charge in [0, 0.05) is 24.4 Å². The minimum atomic E-state index is 0.432. The molecule has 2 aromatic carbocycles. The number of nitrogens with one attached hydrogen (secondary N) is 2. The van der Waals surface area contributed by atoms with Crippen molar-refractivity contribution in [3.05, 3.63) is 89.6 Å². The van der Waals surface area contributed by atoms with Crippen LogP contribution in [0, 0.1) is 5.41 Å². The number of rotatable bonds is 6. The van der Waals surface area contributed by atoms with Crippen molar-refractivity contribution in [3.63, 3.8) is 0 Å². The highest BCUT2D eigenvalue weighted by molar-refractivity contribution is 6.13. The molecule has 0 aliphatic heterocycles. The first-order valence-electron chi connectivity index (χ1n) is 7.77. The number of benzene rings is 2. The first-order valence-corrected chi connectivity index (χ1v) is 7.77. The second kappa shape index (κ2) is 7.42. The summed E-state index contributed by atoms with van der Waals surface area (Å²) in [4.78, 5) is 4.25. The predicted octanol–water partition coefficient (Wildman–Crippen LogP) is 4.12. The minimum absolute atomic E-state index is 0.432. The fourth-order valence-corrected chi connectivity index (χ4v) is 2.42. The Bertz CT molecular complexity index is 814. The number of pyridine rings is 1. The van der Waals surface area contributed by atoms with Crippen molar-refractivity contribution in [1.29, 1.82) is 5.41 Å². The van der Waals surface area contributed by atoms with E-state index in [-0.39, 0.29) is 0 Å². The van der Waals surface area contributed by atoms with Crippen LogP contribution >= 0.6 is 0 Å². The summed E-state index contributed by atoms with van der Waals surface area (Å²) >= 11 is 0. The summed E-state index contributed by atoms with van der Waals surface area (Å²) in [6, 6.07) is 21.4. The molecule has 4 nitrogen and oxygen atoms in total. The molecular formula is C20H19N3O. The van der Waals surface area contributed by atoms with Gasteiger partial charge in [-0.15, -0.1) is 0 Å². The van der Waals surface area contributed by atoms with Crippen LogP contribution < -0.4 is 10.1 Å². The summed E-state index contributed by atoms with van der Waals surface area (Å²) in [5.41, 5.74) is 3.16. The number of hydrogen-bond acceptors (Lipinski definition) is 4. The standard InChI is InChI=1S/C20H19N3O/c1-22-20-18(8-5-13-23-20)19(21)16-9-11-17(12-10-16)24-14-15-6-3-2-4-7-15/h2-13,21H,14H2,1H3,(H,22,23). The van der Waals surface area contributed by atoms with E-state index in [0.29, 0.717) is 18.1 Å². The van der Waals surface area contributed by atoms with Crippen molar-refractivity contribution in [2.45, 2.75) is 6.61 Å². The Morgan fingerprint density at radius 2 is 1.75 bits per heavy atom. The largest absolute Gasteiger partial charge is 0.489 e. The highest BCUT2D eigenvalue weighted by Crippen LogP contribution is 2.19. The lowest BCUT2D eigenvalue weighted by Crippen LogP contribution is -2.07. The average molecular weight is 317 g/mol. The smallest absolute Gasteiger partial charge is 0.135 e. The summed E-state index contributed by atoms with van der Waals surface area (Å²) in [6.07, 6.45) is 1.71. The molecule has 0 saturated carbocycles. The minimum Gasteiger partial charge on any atom is -0.489 e. The molecule has 0 atom stereocenters. The van der Waals surface area contributed by atoms with Gasteiger partial charge in [-0.05, 0) is 42.0 Å². The molecule has 3 aromatic rings. The summed E-state index contributed by atoms with van der Waals surface area (Å²) in [7, 11) is 1.81. The summed E-state index contributed by atoms with van der Waals surface area (Å²) in [5, 5.41) is 11.4. The van der Waals surface area contributed by atoms with Crippen LogP contribution in [0.3, 0.4) is 0 Å². The fourth-order valence-electron chi connectivity index (χ4n) is 2.42. The second-order valence-electron chi connectivity index (χ2n) is 5.32. The molecule has 0 saturated heterocycles. The summed E-state index contributed by atoms with van der Waals surface area (Å²) < 4.78 is 5.78. The van der Waals surface area contributed by atoms with Crippen molar-refractivity contribution in [2.75, 3.05) is 12.4 Å². The molecule has 0 unspecified atom stereocenters. The molecule has 0 fully saturated rings. The monoisotopic (exact) mass is 317 g/mol. The first-order chi connectivity index (χ1) is 11.8. The molecule has 0 radical (unpaired) electrons. The number of ether oxygens (including phenoxy) is 1. The third-order valence-corrected chi connectivity index (χ3v) is 3.71. The van der Waals surface area contributed by atoms with Crippen LogP contribution in [-0.4, -0.2) is 17.7 Å². The molecular weight excluding hydrogens is 298 g/mol. The maximum Gasteiger partial charge on any atom is 0.135 e. The highest BCUT2D eigenvalue weighted by atomic mass is 16.5. The van der Waals surface area contributed by atoms with Gasteiger partial charge in [-0.1, -0.05) is 30.3 Å². The van der Waals surface area contributed by atoms with Gasteiger partial charge in [-0.3, -0.25) is 5.41 Å². The molecule has 0 aliphatic rings. The van der Waals surface area contributed by atoms with Crippen LogP contribution in [0.15, 0.2) is 72.9 Å². The molecule has 0 amide bonds. The molecule has 0 aliphatic carbocycles. The molecule has 2 N–H and O–H groups in total. The zero-order valence-electron chi connectivity index (χ0n) is 13.5. The maximum absolute atomic E-state index is 8.40. The number of anilines is 1. The van der Waals surface area contributed by atoms with E-state index in [2.05, 4.69) is 10.3 Å². The van der Waals surface area contributed by atoms with E-state index in [4.69, 9.17) is 10.1 Å². The Labute approximate surface area is 141 Å². The Morgan fingerprint density at radius 1 is 1.00 bits per heavy atom. The second-order valence-corrected chi connectivity index (χ2v) is 5.32. The number of aromatic nitrogens is 1. The van der Waals surface area contributed by atoms with Crippen LogP contribution in [0.2, 0.25) is 0 Å². The normalized spacial score (nSPS) is 10.2. The Kier molecular flexibility index (Phi) is 4.87. The van der Waals surface area contributed by atoms with Crippen LogP contribution in [0.4, 0.5) is 5.82 Å². The van der Waals surface area contributed by atoms with Crippen LogP contribution in [0.5, 0.6) is 5.75 Å². The molecule has 1 heterocycles. The third kappa shape index (κ3) is 3.60. The fraction of sp³-hybridized carbons (Fsp3) is 0.100. The van der Waals surface area contributed by atoms with Gasteiger partial charge in [0.2, 0.25) is 0 Å². The molecule has 3 rings (SSSR count). The van der Waals surface area contributed by atoms with E-state index in [1.165, 1.54) is 0 Å². The van der Waals surface area contributed by atoms with Crippen LogP contribution in [-0.2, 0) is 6.61 Å². The van der Waals surface area contributed by atoms with E-state index in [9.17, 15) is 0 Å². The third-order valence-electron chi connectivity index (χ3n) is 3.71. The zero-order valence-corrected chi connectivity index (χ0v) is 13.5. The molecule has 24 heavy (non-hydrogen) atoms. The van der Waals surface area contributed by atoms with Gasteiger partial charge < -0.3 is 10.1 Å². The van der Waals surface area contributed by atoms with Gasteiger partial charge in [-0.25, -0.2) is 4.98 Å². The van der Waals surface area contributed by atoms with E-state index in [0.717, 1.165) is 22.4 Å². The van der Waals surface area contributed by atoms with E-state index < -0.39 is 0 Å². The van der Waals surface area contributed by atoms with Crippen molar-refractivity contribution in [3.8, 4) is 5.75 Å². The number of hydrogen-bond donors (Lipinski definition) is 2. The van der Waals surface area contributed by atoms with Gasteiger partial charge in [0.25, 0.3) is 0 Å². The Hall–Kier alpha value is -3.14. The summed E-state index contributed by atoms with van der Waals surface area (Å²) in [6.45, 7) is 0.532. The maximum atomic E-state index is 8.40. The van der Waals surface area contributed by atoms with Crippen molar-refractivity contribution < 1.29 is 4.74 Å². The SMILES string of the molecule is CNc1ncccc1C(=N)c1ccc(OCc2ccccc2)cc1. The van der Waals surface area contributed by atoms with E-state index in [1.807, 2.05) is 66.7 Å². The van der Waals surface area contributed by atoms with Gasteiger partial charge >= 0.3 is 0 Å². The van der Waals surface area contributed by atoms with Gasteiger partial charge in [0.1, 0.15) is 18.2 Å². The van der Waals surface area contributed by atoms with Crippen LogP contribution in [0.1, 0.15) is 16.7 Å². The Balaban J connectivity index is 1.71. The topological polar surface area (TPSA) is 58.0 Å². The predicted molar refractivity (Wildman–Crippen MR) is 96.9 cm³/mol. The van der Waals surface area contributed by atoms with Crippen molar-refractivity contribution >= 4 is 11.5 Å². The van der Waals surface area contributed by atoms with Crippen molar-refractivity contribution in [2.24, 2.45) is 0 Å². The zero-order chi connectivity index (χ0) is 16.8. The van der Waals surface area contributed by atoms with Crippen LogP contribution in [0.25, 0.3) is 0 Å². The molecule has 1 aromatic heterocycles. The number of nitrogens with zero attached hydrogens (tertiary/aromatic N) is 1. The lowest BCUT2D eigenvalue weighted by Gasteiger charge is -2.10. The molecule has 4 heteroatoms. The summed E-state index contributed by atoms with van der Waals surface area (Å²) in [5.74, 6) is 1.49. The van der Waals surface area contributed by atoms with Gasteiger partial charge in [-0.2, -0.15) is 0 Å². The molecule has 0 bridgehead atoms. The van der Waals surface area contributed by atoms with Gasteiger partial charge in [0.05, 0.1) is 5.71 Å². The highest BCUT2D eigenvalue weighted by Gasteiger charge is 2.10. The van der Waals surface area contributed by atoms with Crippen molar-refractivity contribution in [1.82, 2.24) is 4.98 Å². The van der Waals surface area contributed by atoms with E-state index in [1.54, 1.807) is 13.2 Å². The molecule has 120 valence electrons. The lowest BCUT2D eigenvalue weighted by molar-refractivity contribution is 0.306. The van der Waals surface area contributed by atoms with E-state index >= 15 is 0 Å². The average Bonchev–Trinajstić information content (AvgIpc) is 2.67. The Morgan fingerprint density at radius 3 is 2.46 bits per heavy atom. The molecule has 0 spiro atoms. The lowest BCUT2D eigenvalue weighted by atomic mass is 10.0. The first kappa shape index (κ1) is 15.7.